The Hall–Kier alpha value is -2.37. The molecule has 3 aromatic rings. The first-order valence-electron chi connectivity index (χ1n) is 6.38. The lowest BCUT2D eigenvalue weighted by Gasteiger charge is -2.04. The number of carbonyl (C=O) groups excluding carboxylic acids is 1. The zero-order chi connectivity index (χ0) is 15.5. The molecule has 1 amide bonds. The molecular weight excluding hydrogens is 322 g/mol. The van der Waals surface area contributed by atoms with Gasteiger partial charge in [-0.3, -0.25) is 4.79 Å². The van der Waals surface area contributed by atoms with Gasteiger partial charge < -0.3 is 9.73 Å². The van der Waals surface area contributed by atoms with E-state index >= 15 is 0 Å². The third kappa shape index (κ3) is 3.10. The molecule has 0 saturated carbocycles. The Morgan fingerprint density at radius 2 is 1.86 bits per heavy atom. The average Bonchev–Trinajstić information content (AvgIpc) is 3.04. The molecule has 0 atom stereocenters. The first-order valence-corrected chi connectivity index (χ1v) is 7.64. The molecule has 0 bridgehead atoms. The van der Waals surface area contributed by atoms with Crippen molar-refractivity contribution in [2.45, 2.75) is 0 Å². The molecule has 4 nitrogen and oxygen atoms in total. The third-order valence-electron chi connectivity index (χ3n) is 2.95. The molecule has 0 fully saturated rings. The van der Waals surface area contributed by atoms with Gasteiger partial charge in [-0.1, -0.05) is 17.7 Å². The quantitative estimate of drug-likeness (QED) is 0.779. The number of halogens is 1. The van der Waals surface area contributed by atoms with Crippen LogP contribution in [-0.2, 0) is 0 Å². The molecule has 0 spiro atoms. The lowest BCUT2D eigenvalue weighted by Crippen LogP contribution is -2.16. The summed E-state index contributed by atoms with van der Waals surface area (Å²) in [6, 6.07) is 13.5. The van der Waals surface area contributed by atoms with Gasteiger partial charge in [0, 0.05) is 10.6 Å². The summed E-state index contributed by atoms with van der Waals surface area (Å²) >= 11 is 7.12. The number of hydrogen-bond acceptors (Lipinski definition) is 4. The first kappa shape index (κ1) is 14.6. The number of hydrogen-bond donors (Lipinski definition) is 1. The van der Waals surface area contributed by atoms with Crippen LogP contribution in [0, 0.1) is 0 Å². The fourth-order valence-electron chi connectivity index (χ4n) is 1.87. The minimum Gasteiger partial charge on any atom is -0.421 e. The topological polar surface area (TPSA) is 59.3 Å². The van der Waals surface area contributed by atoms with Crippen LogP contribution in [0.5, 0.6) is 0 Å². The van der Waals surface area contributed by atoms with Crippen LogP contribution >= 0.6 is 22.9 Å². The number of rotatable bonds is 3. The first-order chi connectivity index (χ1) is 10.6. The molecule has 0 unspecified atom stereocenters. The number of carbonyl (C=O) groups is 1. The summed E-state index contributed by atoms with van der Waals surface area (Å²) in [5, 5.41) is 4.94. The van der Waals surface area contributed by atoms with Gasteiger partial charge in [-0.2, -0.15) is 0 Å². The van der Waals surface area contributed by atoms with E-state index in [0.29, 0.717) is 15.7 Å². The van der Waals surface area contributed by atoms with Crippen molar-refractivity contribution < 1.29 is 9.21 Å². The normalized spacial score (nSPS) is 10.4. The molecule has 0 aliphatic heterocycles. The Morgan fingerprint density at radius 1 is 1.09 bits per heavy atom. The highest BCUT2D eigenvalue weighted by molar-refractivity contribution is 7.12. The van der Waals surface area contributed by atoms with E-state index in [1.54, 1.807) is 47.8 Å². The van der Waals surface area contributed by atoms with E-state index in [-0.39, 0.29) is 11.6 Å². The van der Waals surface area contributed by atoms with Crippen molar-refractivity contribution in [3.63, 3.8) is 0 Å². The van der Waals surface area contributed by atoms with Crippen molar-refractivity contribution in [2.75, 3.05) is 5.32 Å². The van der Waals surface area contributed by atoms with Crippen LogP contribution < -0.4 is 10.9 Å². The second-order valence-corrected chi connectivity index (χ2v) is 5.82. The summed E-state index contributed by atoms with van der Waals surface area (Å²) in [6.45, 7) is 0. The number of nitrogens with one attached hydrogen (secondary N) is 1. The molecule has 1 N–H and O–H groups in total. The largest absolute Gasteiger partial charge is 0.421 e. The van der Waals surface area contributed by atoms with Gasteiger partial charge in [-0.15, -0.1) is 11.3 Å². The zero-order valence-corrected chi connectivity index (χ0v) is 12.8. The van der Waals surface area contributed by atoms with E-state index in [4.69, 9.17) is 16.0 Å². The Kier molecular flexibility index (Phi) is 4.09. The van der Waals surface area contributed by atoms with Crippen LogP contribution in [-0.4, -0.2) is 5.91 Å². The monoisotopic (exact) mass is 331 g/mol. The number of thiophene rings is 1. The highest BCUT2D eigenvalue weighted by Gasteiger charge is 2.11. The highest BCUT2D eigenvalue weighted by Crippen LogP contribution is 2.21. The Bertz CT molecular complexity index is 854. The predicted molar refractivity (Wildman–Crippen MR) is 87.7 cm³/mol. The van der Waals surface area contributed by atoms with Crippen molar-refractivity contribution in [3.05, 3.63) is 74.2 Å². The molecule has 3 rings (SSSR count). The van der Waals surface area contributed by atoms with Crippen LogP contribution in [0.1, 0.15) is 9.67 Å². The summed E-state index contributed by atoms with van der Waals surface area (Å²) in [6.07, 6.45) is 0. The van der Waals surface area contributed by atoms with Crippen molar-refractivity contribution in [2.24, 2.45) is 0 Å². The van der Waals surface area contributed by atoms with Gasteiger partial charge in [0.1, 0.15) is 11.4 Å². The minimum atomic E-state index is -0.600. The van der Waals surface area contributed by atoms with Crippen LogP contribution in [0.25, 0.3) is 11.3 Å². The van der Waals surface area contributed by atoms with Gasteiger partial charge in [0.05, 0.1) is 4.88 Å². The van der Waals surface area contributed by atoms with Crippen molar-refractivity contribution in [3.8, 4) is 11.3 Å². The van der Waals surface area contributed by atoms with Gasteiger partial charge in [0.15, 0.2) is 0 Å². The maximum Gasteiger partial charge on any atom is 0.360 e. The summed E-state index contributed by atoms with van der Waals surface area (Å²) in [5.74, 6) is 0.0809. The maximum absolute atomic E-state index is 12.0. The molecule has 0 aliphatic carbocycles. The molecule has 6 heteroatoms. The van der Waals surface area contributed by atoms with Crippen molar-refractivity contribution in [1.29, 1.82) is 0 Å². The smallest absolute Gasteiger partial charge is 0.360 e. The van der Waals surface area contributed by atoms with E-state index in [1.807, 2.05) is 0 Å². The molecule has 1 aromatic carbocycles. The van der Waals surface area contributed by atoms with Gasteiger partial charge in [0.25, 0.3) is 5.91 Å². The second kappa shape index (κ2) is 6.17. The van der Waals surface area contributed by atoms with E-state index in [9.17, 15) is 9.59 Å². The van der Waals surface area contributed by atoms with E-state index in [2.05, 4.69) is 5.32 Å². The lowest BCUT2D eigenvalue weighted by atomic mass is 10.1. The Balaban J connectivity index is 1.85. The van der Waals surface area contributed by atoms with Gasteiger partial charge in [0.2, 0.25) is 0 Å². The molecule has 0 saturated heterocycles. The third-order valence-corrected chi connectivity index (χ3v) is 4.07. The summed E-state index contributed by atoms with van der Waals surface area (Å²) in [5.41, 5.74) is 0.242. The van der Waals surface area contributed by atoms with Gasteiger partial charge in [-0.25, -0.2) is 4.79 Å². The average molecular weight is 332 g/mol. The molecule has 0 aliphatic rings. The number of anilines is 1. The summed E-state index contributed by atoms with van der Waals surface area (Å²) < 4.78 is 5.24. The van der Waals surface area contributed by atoms with Crippen LogP contribution in [0.4, 0.5) is 5.69 Å². The van der Waals surface area contributed by atoms with E-state index < -0.39 is 5.63 Å². The molecular formula is C16H10ClNO3S. The standard InChI is InChI=1S/C16H10ClNO3S/c17-11-5-3-10(4-6-11)13-8-7-12(16(20)21-13)18-15(19)14-2-1-9-22-14/h1-9H,(H,18,19). The summed E-state index contributed by atoms with van der Waals surface area (Å²) in [7, 11) is 0. The fraction of sp³-hybridized carbons (Fsp3) is 0. The van der Waals surface area contributed by atoms with E-state index in [0.717, 1.165) is 5.56 Å². The van der Waals surface area contributed by atoms with Gasteiger partial charge in [-0.05, 0) is 47.8 Å². The molecule has 22 heavy (non-hydrogen) atoms. The van der Waals surface area contributed by atoms with Gasteiger partial charge >= 0.3 is 5.63 Å². The van der Waals surface area contributed by atoms with Crippen LogP contribution in [0.2, 0.25) is 5.02 Å². The molecule has 110 valence electrons. The van der Waals surface area contributed by atoms with Crippen LogP contribution in [0.3, 0.4) is 0 Å². The number of benzene rings is 1. The molecule has 0 radical (unpaired) electrons. The molecule has 2 aromatic heterocycles. The van der Waals surface area contributed by atoms with Crippen molar-refractivity contribution in [1.82, 2.24) is 0 Å². The second-order valence-electron chi connectivity index (χ2n) is 4.44. The number of amides is 1. The molecule has 2 heterocycles. The minimum absolute atomic E-state index is 0.108. The SMILES string of the molecule is O=C(Nc1ccc(-c2ccc(Cl)cc2)oc1=O)c1cccs1. The highest BCUT2D eigenvalue weighted by atomic mass is 35.5. The summed E-state index contributed by atoms with van der Waals surface area (Å²) in [4.78, 5) is 24.4. The lowest BCUT2D eigenvalue weighted by molar-refractivity contribution is 0.103. The van der Waals surface area contributed by atoms with E-state index in [1.165, 1.54) is 17.4 Å². The maximum atomic E-state index is 12.0. The zero-order valence-electron chi connectivity index (χ0n) is 11.2. The fourth-order valence-corrected chi connectivity index (χ4v) is 2.61. The van der Waals surface area contributed by atoms with Crippen LogP contribution in [0.15, 0.2) is 63.1 Å². The Labute approximate surface area is 135 Å². The van der Waals surface area contributed by atoms with Crippen molar-refractivity contribution >= 4 is 34.5 Å². The predicted octanol–water partition coefficient (Wildman–Crippen LogP) is 4.27. The Morgan fingerprint density at radius 3 is 2.50 bits per heavy atom.